The first kappa shape index (κ1) is 18.7. The van der Waals surface area contributed by atoms with Crippen molar-refractivity contribution in [3.63, 3.8) is 0 Å². The second-order valence-electron chi connectivity index (χ2n) is 5.61. The van der Waals surface area contributed by atoms with Gasteiger partial charge in [-0.05, 0) is 37.4 Å². The van der Waals surface area contributed by atoms with Crippen molar-refractivity contribution in [1.82, 2.24) is 4.98 Å². The normalized spacial score (nSPS) is 10.4. The molecule has 0 fully saturated rings. The van der Waals surface area contributed by atoms with E-state index in [0.717, 1.165) is 10.5 Å². The van der Waals surface area contributed by atoms with E-state index in [9.17, 15) is 9.59 Å². The Bertz CT molecular complexity index is 954. The number of para-hydroxylation sites is 1. The number of nitrogens with zero attached hydrogens (tertiary/aromatic N) is 1. The van der Waals surface area contributed by atoms with Crippen molar-refractivity contribution in [1.29, 1.82) is 0 Å². The Hall–Kier alpha value is -3.06. The van der Waals surface area contributed by atoms with Crippen molar-refractivity contribution in [2.24, 2.45) is 0 Å². The van der Waals surface area contributed by atoms with E-state index in [0.29, 0.717) is 17.3 Å². The van der Waals surface area contributed by atoms with E-state index >= 15 is 0 Å². The van der Waals surface area contributed by atoms with Gasteiger partial charge in [0.15, 0.2) is 12.3 Å². The maximum absolute atomic E-state index is 12.3. The van der Waals surface area contributed by atoms with Crippen LogP contribution >= 0.6 is 11.8 Å². The molecule has 3 rings (SSSR count). The molecule has 0 radical (unpaired) electrons. The predicted molar refractivity (Wildman–Crippen MR) is 104 cm³/mol. The molecule has 0 saturated carbocycles. The molecule has 0 unspecified atom stereocenters. The van der Waals surface area contributed by atoms with Crippen molar-refractivity contribution in [3.05, 3.63) is 66.1 Å². The number of hydrogen-bond acceptors (Lipinski definition) is 6. The lowest BCUT2D eigenvalue weighted by Gasteiger charge is -2.09. The lowest BCUT2D eigenvalue weighted by atomic mass is 10.2. The fourth-order valence-corrected chi connectivity index (χ4v) is 2.98. The SMILES string of the molecule is CSc1ccccc1NC(=O)COC(=O)c1nc(-c2ccccc2)oc1C. The van der Waals surface area contributed by atoms with Gasteiger partial charge in [-0.3, -0.25) is 4.79 Å². The lowest BCUT2D eigenvalue weighted by molar-refractivity contribution is -0.119. The van der Waals surface area contributed by atoms with Gasteiger partial charge in [-0.1, -0.05) is 30.3 Å². The molecule has 0 saturated heterocycles. The molecule has 6 nitrogen and oxygen atoms in total. The molecular formula is C20H18N2O4S. The van der Waals surface area contributed by atoms with Crippen molar-refractivity contribution in [2.75, 3.05) is 18.2 Å². The van der Waals surface area contributed by atoms with Gasteiger partial charge in [-0.2, -0.15) is 0 Å². The van der Waals surface area contributed by atoms with E-state index in [1.54, 1.807) is 13.0 Å². The molecular weight excluding hydrogens is 364 g/mol. The maximum atomic E-state index is 12.3. The van der Waals surface area contributed by atoms with Gasteiger partial charge in [0.25, 0.3) is 5.91 Å². The van der Waals surface area contributed by atoms with Crippen molar-refractivity contribution in [3.8, 4) is 11.5 Å². The monoisotopic (exact) mass is 382 g/mol. The summed E-state index contributed by atoms with van der Waals surface area (Å²) in [7, 11) is 0. The van der Waals surface area contributed by atoms with Crippen molar-refractivity contribution < 1.29 is 18.7 Å². The summed E-state index contributed by atoms with van der Waals surface area (Å²) in [6.07, 6.45) is 1.92. The summed E-state index contributed by atoms with van der Waals surface area (Å²) in [5.41, 5.74) is 1.49. The van der Waals surface area contributed by atoms with Crippen LogP contribution in [0.1, 0.15) is 16.2 Å². The van der Waals surface area contributed by atoms with Crippen LogP contribution in [-0.4, -0.2) is 29.7 Å². The van der Waals surface area contributed by atoms with Crippen LogP contribution in [0.5, 0.6) is 0 Å². The maximum Gasteiger partial charge on any atom is 0.361 e. The molecule has 1 heterocycles. The largest absolute Gasteiger partial charge is 0.451 e. The van der Waals surface area contributed by atoms with Gasteiger partial charge >= 0.3 is 5.97 Å². The van der Waals surface area contributed by atoms with Gasteiger partial charge in [0.2, 0.25) is 5.89 Å². The number of rotatable bonds is 6. The minimum atomic E-state index is -0.702. The second-order valence-corrected chi connectivity index (χ2v) is 6.46. The topological polar surface area (TPSA) is 81.4 Å². The minimum Gasteiger partial charge on any atom is -0.451 e. The first-order valence-electron chi connectivity index (χ1n) is 8.21. The lowest BCUT2D eigenvalue weighted by Crippen LogP contribution is -2.21. The molecule has 7 heteroatoms. The molecule has 1 N–H and O–H groups in total. The number of aromatic nitrogens is 1. The van der Waals surface area contributed by atoms with Gasteiger partial charge in [-0.15, -0.1) is 11.8 Å². The molecule has 138 valence electrons. The van der Waals surface area contributed by atoms with Crippen LogP contribution in [0.4, 0.5) is 5.69 Å². The third-order valence-corrected chi connectivity index (χ3v) is 4.52. The van der Waals surface area contributed by atoms with Gasteiger partial charge in [0, 0.05) is 10.5 Å². The Morgan fingerprint density at radius 3 is 2.56 bits per heavy atom. The summed E-state index contributed by atoms with van der Waals surface area (Å²) in [5, 5.41) is 2.73. The summed E-state index contributed by atoms with van der Waals surface area (Å²) >= 11 is 1.52. The third kappa shape index (κ3) is 4.57. The van der Waals surface area contributed by atoms with Crippen LogP contribution in [0.3, 0.4) is 0 Å². The number of carbonyl (C=O) groups is 2. The average Bonchev–Trinajstić information content (AvgIpc) is 3.09. The van der Waals surface area contributed by atoms with Crippen LogP contribution < -0.4 is 5.32 Å². The van der Waals surface area contributed by atoms with Gasteiger partial charge in [-0.25, -0.2) is 9.78 Å². The number of oxazole rings is 1. The molecule has 0 spiro atoms. The number of ether oxygens (including phenoxy) is 1. The van der Waals surface area contributed by atoms with Crippen molar-refractivity contribution >= 4 is 29.3 Å². The van der Waals surface area contributed by atoms with Crippen LogP contribution in [0.15, 0.2) is 63.9 Å². The van der Waals surface area contributed by atoms with E-state index in [2.05, 4.69) is 10.3 Å². The summed E-state index contributed by atoms with van der Waals surface area (Å²) in [6.45, 7) is 1.22. The summed E-state index contributed by atoms with van der Waals surface area (Å²) < 4.78 is 10.6. The molecule has 0 aliphatic rings. The summed E-state index contributed by atoms with van der Waals surface area (Å²) in [5.74, 6) is -0.452. The quantitative estimate of drug-likeness (QED) is 0.509. The number of hydrogen-bond donors (Lipinski definition) is 1. The zero-order valence-electron chi connectivity index (χ0n) is 14.9. The Labute approximate surface area is 160 Å². The predicted octanol–water partition coefficient (Wildman–Crippen LogP) is 4.17. The van der Waals surface area contributed by atoms with Gasteiger partial charge in [0.1, 0.15) is 5.76 Å². The molecule has 1 aromatic heterocycles. The second kappa shape index (κ2) is 8.55. The average molecular weight is 382 g/mol. The highest BCUT2D eigenvalue weighted by atomic mass is 32.2. The summed E-state index contributed by atoms with van der Waals surface area (Å²) in [6, 6.07) is 16.6. The van der Waals surface area contributed by atoms with Crippen LogP contribution in [-0.2, 0) is 9.53 Å². The molecule has 3 aromatic rings. The minimum absolute atomic E-state index is 0.0613. The molecule has 0 atom stereocenters. The number of nitrogens with one attached hydrogen (secondary N) is 1. The number of benzene rings is 2. The molecule has 2 aromatic carbocycles. The van der Waals surface area contributed by atoms with Gasteiger partial charge < -0.3 is 14.5 Å². The van der Waals surface area contributed by atoms with E-state index in [4.69, 9.17) is 9.15 Å². The van der Waals surface area contributed by atoms with E-state index < -0.39 is 18.5 Å². The zero-order valence-corrected chi connectivity index (χ0v) is 15.7. The zero-order chi connectivity index (χ0) is 19.2. The number of thioether (sulfide) groups is 1. The fourth-order valence-electron chi connectivity index (χ4n) is 2.42. The van der Waals surface area contributed by atoms with Crippen LogP contribution in [0, 0.1) is 6.92 Å². The first-order chi connectivity index (χ1) is 13.1. The molecule has 0 aliphatic heterocycles. The van der Waals surface area contributed by atoms with Crippen LogP contribution in [0.25, 0.3) is 11.5 Å². The first-order valence-corrected chi connectivity index (χ1v) is 9.44. The molecule has 27 heavy (non-hydrogen) atoms. The Morgan fingerprint density at radius 2 is 1.81 bits per heavy atom. The van der Waals surface area contributed by atoms with E-state index in [-0.39, 0.29) is 5.69 Å². The number of carbonyl (C=O) groups excluding carboxylic acids is 2. The number of anilines is 1. The molecule has 1 amide bonds. The number of amides is 1. The number of aryl methyl sites for hydroxylation is 1. The summed E-state index contributed by atoms with van der Waals surface area (Å²) in [4.78, 5) is 29.5. The van der Waals surface area contributed by atoms with Gasteiger partial charge in [0.05, 0.1) is 5.69 Å². The van der Waals surface area contributed by atoms with Crippen LogP contribution in [0.2, 0.25) is 0 Å². The van der Waals surface area contributed by atoms with E-state index in [1.165, 1.54) is 11.8 Å². The Balaban J connectivity index is 1.62. The van der Waals surface area contributed by atoms with E-state index in [1.807, 2.05) is 54.8 Å². The fraction of sp³-hybridized carbons (Fsp3) is 0.150. The highest BCUT2D eigenvalue weighted by molar-refractivity contribution is 7.98. The Kier molecular flexibility index (Phi) is 5.93. The molecule has 0 aliphatic carbocycles. The highest BCUT2D eigenvalue weighted by Gasteiger charge is 2.20. The van der Waals surface area contributed by atoms with Crippen molar-refractivity contribution in [2.45, 2.75) is 11.8 Å². The Morgan fingerprint density at radius 1 is 1.11 bits per heavy atom. The third-order valence-electron chi connectivity index (χ3n) is 3.73. The number of esters is 1. The smallest absolute Gasteiger partial charge is 0.361 e. The standard InChI is InChI=1S/C20H18N2O4S/c1-13-18(22-19(26-13)14-8-4-3-5-9-14)20(24)25-12-17(23)21-15-10-6-7-11-16(15)27-2/h3-11H,12H2,1-2H3,(H,21,23). The highest BCUT2D eigenvalue weighted by Crippen LogP contribution is 2.24. The molecule has 0 bridgehead atoms.